The van der Waals surface area contributed by atoms with Gasteiger partial charge < -0.3 is 15.8 Å². The molecule has 2 rings (SSSR count). The topological polar surface area (TPSA) is 73.1 Å². The van der Waals surface area contributed by atoms with E-state index in [0.29, 0.717) is 19.0 Å². The SMILES string of the molecule is CCCOc1cncc(NC2(CN)CCC(C)CC2)n1. The van der Waals surface area contributed by atoms with E-state index >= 15 is 0 Å². The molecule has 0 amide bonds. The van der Waals surface area contributed by atoms with Gasteiger partial charge in [0.15, 0.2) is 0 Å². The molecule has 1 aliphatic carbocycles. The summed E-state index contributed by atoms with van der Waals surface area (Å²) in [5.41, 5.74) is 5.97. The molecule has 0 aromatic carbocycles. The first kappa shape index (κ1) is 15.0. The van der Waals surface area contributed by atoms with Crippen LogP contribution in [0.5, 0.6) is 5.88 Å². The Balaban J connectivity index is 2.03. The second kappa shape index (κ2) is 6.88. The molecular weight excluding hydrogens is 252 g/mol. The Hall–Kier alpha value is -1.36. The molecule has 1 fully saturated rings. The predicted octanol–water partition coefficient (Wildman–Crippen LogP) is 2.58. The maximum atomic E-state index is 6.01. The number of aromatic nitrogens is 2. The van der Waals surface area contributed by atoms with E-state index in [0.717, 1.165) is 31.0 Å². The normalized spacial score (nSPS) is 26.2. The molecular formula is C15H26N4O. The minimum Gasteiger partial charge on any atom is -0.477 e. The molecule has 112 valence electrons. The maximum Gasteiger partial charge on any atom is 0.234 e. The van der Waals surface area contributed by atoms with Crippen molar-refractivity contribution in [3.8, 4) is 5.88 Å². The van der Waals surface area contributed by atoms with Crippen molar-refractivity contribution >= 4 is 5.82 Å². The lowest BCUT2D eigenvalue weighted by atomic mass is 9.77. The van der Waals surface area contributed by atoms with Gasteiger partial charge in [0.05, 0.1) is 24.5 Å². The van der Waals surface area contributed by atoms with Gasteiger partial charge in [-0.05, 0) is 38.0 Å². The zero-order valence-electron chi connectivity index (χ0n) is 12.6. The van der Waals surface area contributed by atoms with Crippen molar-refractivity contribution in [3.63, 3.8) is 0 Å². The van der Waals surface area contributed by atoms with Gasteiger partial charge in [0.2, 0.25) is 5.88 Å². The van der Waals surface area contributed by atoms with Crippen LogP contribution in [0, 0.1) is 5.92 Å². The second-order valence-electron chi connectivity index (χ2n) is 5.88. The molecule has 1 saturated carbocycles. The molecule has 3 N–H and O–H groups in total. The van der Waals surface area contributed by atoms with Gasteiger partial charge in [0, 0.05) is 6.54 Å². The number of nitrogens with zero attached hydrogens (tertiary/aromatic N) is 2. The summed E-state index contributed by atoms with van der Waals surface area (Å²) < 4.78 is 5.52. The number of hydrogen-bond donors (Lipinski definition) is 2. The lowest BCUT2D eigenvalue weighted by Crippen LogP contribution is -2.48. The van der Waals surface area contributed by atoms with Crippen molar-refractivity contribution in [2.45, 2.75) is 51.5 Å². The van der Waals surface area contributed by atoms with Crippen LogP contribution in [-0.4, -0.2) is 28.7 Å². The molecule has 0 aliphatic heterocycles. The summed E-state index contributed by atoms with van der Waals surface area (Å²) in [7, 11) is 0. The van der Waals surface area contributed by atoms with Crippen LogP contribution in [0.4, 0.5) is 5.82 Å². The number of ether oxygens (including phenoxy) is 1. The van der Waals surface area contributed by atoms with Gasteiger partial charge in [0.25, 0.3) is 0 Å². The molecule has 0 saturated heterocycles. The molecule has 0 radical (unpaired) electrons. The highest BCUT2D eigenvalue weighted by molar-refractivity contribution is 5.37. The molecule has 5 heteroatoms. The van der Waals surface area contributed by atoms with Gasteiger partial charge in [-0.3, -0.25) is 4.98 Å². The van der Waals surface area contributed by atoms with E-state index in [9.17, 15) is 0 Å². The van der Waals surface area contributed by atoms with E-state index in [1.165, 1.54) is 12.8 Å². The molecule has 20 heavy (non-hydrogen) atoms. The van der Waals surface area contributed by atoms with Crippen LogP contribution in [0.25, 0.3) is 0 Å². The average Bonchev–Trinajstić information content (AvgIpc) is 2.48. The summed E-state index contributed by atoms with van der Waals surface area (Å²) >= 11 is 0. The van der Waals surface area contributed by atoms with Gasteiger partial charge in [-0.2, -0.15) is 4.98 Å². The van der Waals surface area contributed by atoms with Gasteiger partial charge in [-0.1, -0.05) is 13.8 Å². The maximum absolute atomic E-state index is 6.01. The van der Waals surface area contributed by atoms with Crippen molar-refractivity contribution in [2.24, 2.45) is 11.7 Å². The highest BCUT2D eigenvalue weighted by Gasteiger charge is 2.33. The van der Waals surface area contributed by atoms with Crippen LogP contribution >= 0.6 is 0 Å². The van der Waals surface area contributed by atoms with Crippen LogP contribution in [0.15, 0.2) is 12.4 Å². The Labute approximate surface area is 121 Å². The number of anilines is 1. The highest BCUT2D eigenvalue weighted by atomic mass is 16.5. The summed E-state index contributed by atoms with van der Waals surface area (Å²) in [4.78, 5) is 8.66. The quantitative estimate of drug-likeness (QED) is 0.836. The van der Waals surface area contributed by atoms with Crippen molar-refractivity contribution in [1.82, 2.24) is 9.97 Å². The minimum atomic E-state index is -0.0371. The zero-order valence-corrected chi connectivity index (χ0v) is 12.6. The Morgan fingerprint density at radius 1 is 1.40 bits per heavy atom. The molecule has 0 atom stereocenters. The monoisotopic (exact) mass is 278 g/mol. The van der Waals surface area contributed by atoms with Gasteiger partial charge >= 0.3 is 0 Å². The summed E-state index contributed by atoms with van der Waals surface area (Å²) in [5, 5.41) is 3.50. The lowest BCUT2D eigenvalue weighted by molar-refractivity contribution is 0.270. The molecule has 5 nitrogen and oxygen atoms in total. The van der Waals surface area contributed by atoms with E-state index in [4.69, 9.17) is 10.5 Å². The highest BCUT2D eigenvalue weighted by Crippen LogP contribution is 2.33. The standard InChI is InChI=1S/C15H26N4O/c1-3-8-20-14-10-17-9-13(18-14)19-15(11-16)6-4-12(2)5-7-15/h9-10,12H,3-8,11,16H2,1-2H3,(H,18,19). The molecule has 1 heterocycles. The smallest absolute Gasteiger partial charge is 0.234 e. The number of hydrogen-bond acceptors (Lipinski definition) is 5. The molecule has 1 aliphatic rings. The molecule has 0 spiro atoms. The minimum absolute atomic E-state index is 0.0371. The first-order chi connectivity index (χ1) is 9.67. The predicted molar refractivity (Wildman–Crippen MR) is 80.9 cm³/mol. The fourth-order valence-corrected chi connectivity index (χ4v) is 2.65. The van der Waals surface area contributed by atoms with E-state index < -0.39 is 0 Å². The molecule has 1 aromatic heterocycles. The first-order valence-corrected chi connectivity index (χ1v) is 7.60. The van der Waals surface area contributed by atoms with Gasteiger partial charge in [-0.25, -0.2) is 0 Å². The fraction of sp³-hybridized carbons (Fsp3) is 0.733. The van der Waals surface area contributed by atoms with Crippen LogP contribution in [0.2, 0.25) is 0 Å². The fourth-order valence-electron chi connectivity index (χ4n) is 2.65. The number of rotatable bonds is 6. The third kappa shape index (κ3) is 3.82. The Kier molecular flexibility index (Phi) is 5.17. The van der Waals surface area contributed by atoms with Crippen molar-refractivity contribution in [1.29, 1.82) is 0 Å². The Morgan fingerprint density at radius 2 is 2.15 bits per heavy atom. The third-order valence-electron chi connectivity index (χ3n) is 4.08. The largest absolute Gasteiger partial charge is 0.477 e. The lowest BCUT2D eigenvalue weighted by Gasteiger charge is -2.39. The summed E-state index contributed by atoms with van der Waals surface area (Å²) in [6.45, 7) is 5.67. The van der Waals surface area contributed by atoms with E-state index in [2.05, 4.69) is 29.1 Å². The van der Waals surface area contributed by atoms with Crippen molar-refractivity contribution < 1.29 is 4.74 Å². The van der Waals surface area contributed by atoms with Gasteiger partial charge in [0.1, 0.15) is 5.82 Å². The average molecular weight is 278 g/mol. The zero-order chi connectivity index (χ0) is 14.4. The van der Waals surface area contributed by atoms with Crippen LogP contribution in [0.1, 0.15) is 46.0 Å². The Morgan fingerprint density at radius 3 is 2.80 bits per heavy atom. The van der Waals surface area contributed by atoms with Crippen LogP contribution < -0.4 is 15.8 Å². The van der Waals surface area contributed by atoms with Crippen LogP contribution in [-0.2, 0) is 0 Å². The van der Waals surface area contributed by atoms with E-state index in [1.807, 2.05) is 0 Å². The van der Waals surface area contributed by atoms with E-state index in [-0.39, 0.29) is 5.54 Å². The summed E-state index contributed by atoms with van der Waals surface area (Å²) in [5.74, 6) is 2.13. The number of nitrogens with two attached hydrogens (primary N) is 1. The Bertz CT molecular complexity index is 416. The summed E-state index contributed by atoms with van der Waals surface area (Å²) in [6.07, 6.45) is 8.96. The summed E-state index contributed by atoms with van der Waals surface area (Å²) in [6, 6.07) is 0. The molecule has 0 unspecified atom stereocenters. The number of nitrogens with one attached hydrogen (secondary N) is 1. The van der Waals surface area contributed by atoms with Crippen molar-refractivity contribution in [3.05, 3.63) is 12.4 Å². The molecule has 0 bridgehead atoms. The van der Waals surface area contributed by atoms with Crippen molar-refractivity contribution in [2.75, 3.05) is 18.5 Å². The molecule has 1 aromatic rings. The third-order valence-corrected chi connectivity index (χ3v) is 4.08. The van der Waals surface area contributed by atoms with Gasteiger partial charge in [-0.15, -0.1) is 0 Å². The first-order valence-electron chi connectivity index (χ1n) is 7.60. The van der Waals surface area contributed by atoms with E-state index in [1.54, 1.807) is 12.4 Å². The second-order valence-corrected chi connectivity index (χ2v) is 5.88. The van der Waals surface area contributed by atoms with Crippen LogP contribution in [0.3, 0.4) is 0 Å².